The molecular weight excluding hydrogens is 290 g/mol. The van der Waals surface area contributed by atoms with Crippen LogP contribution in [0.15, 0.2) is 12.4 Å². The highest BCUT2D eigenvalue weighted by Crippen LogP contribution is 2.31. The first-order chi connectivity index (χ1) is 11.4. The number of aromatic nitrogens is 2. The van der Waals surface area contributed by atoms with E-state index in [1.807, 2.05) is 0 Å². The maximum absolute atomic E-state index is 5.89. The Morgan fingerprint density at radius 3 is 2.65 bits per heavy atom. The number of nitrogens with one attached hydrogen (secondary N) is 2. The molecule has 126 valence electrons. The largest absolute Gasteiger partial charge is 0.490 e. The maximum Gasteiger partial charge on any atom is 0.223 e. The number of hydrogen-bond acceptors (Lipinski definition) is 6. The fraction of sp³-hybridized carbons (Fsp3) is 0.765. The van der Waals surface area contributed by atoms with Crippen molar-refractivity contribution in [3.05, 3.63) is 12.4 Å². The molecule has 3 heterocycles. The van der Waals surface area contributed by atoms with E-state index in [-0.39, 0.29) is 0 Å². The number of likely N-dealkylation sites (tertiary alicyclic amines) is 1. The second kappa shape index (κ2) is 7.01. The van der Waals surface area contributed by atoms with Gasteiger partial charge in [-0.1, -0.05) is 0 Å². The Labute approximate surface area is 138 Å². The second-order valence-corrected chi connectivity index (χ2v) is 7.10. The molecule has 4 rings (SSSR count). The zero-order valence-corrected chi connectivity index (χ0v) is 13.7. The molecule has 2 aliphatic heterocycles. The summed E-state index contributed by atoms with van der Waals surface area (Å²) >= 11 is 0. The van der Waals surface area contributed by atoms with Crippen molar-refractivity contribution in [3.63, 3.8) is 0 Å². The van der Waals surface area contributed by atoms with E-state index < -0.39 is 0 Å². The van der Waals surface area contributed by atoms with E-state index >= 15 is 0 Å². The zero-order valence-electron chi connectivity index (χ0n) is 13.7. The third-order valence-corrected chi connectivity index (χ3v) is 5.17. The van der Waals surface area contributed by atoms with Crippen LogP contribution in [0, 0.1) is 5.92 Å². The molecule has 6 nitrogen and oxygen atoms in total. The molecule has 1 unspecified atom stereocenters. The van der Waals surface area contributed by atoms with Crippen LogP contribution >= 0.6 is 0 Å². The van der Waals surface area contributed by atoms with Crippen LogP contribution in [-0.4, -0.2) is 59.7 Å². The molecule has 0 bridgehead atoms. The fourth-order valence-electron chi connectivity index (χ4n) is 3.60. The third-order valence-electron chi connectivity index (χ3n) is 5.17. The fourth-order valence-corrected chi connectivity index (χ4v) is 3.60. The van der Waals surface area contributed by atoms with Gasteiger partial charge in [0.25, 0.3) is 0 Å². The van der Waals surface area contributed by atoms with Gasteiger partial charge in [-0.15, -0.1) is 0 Å². The highest BCUT2D eigenvalue weighted by molar-refractivity contribution is 5.28. The molecule has 1 aromatic rings. The SMILES string of the molecule is c1nc(NC2CCNCC2)ncc1OCC1CCN(C2CC2)C1. The zero-order chi connectivity index (χ0) is 15.5. The van der Waals surface area contributed by atoms with E-state index in [1.165, 1.54) is 32.4 Å². The van der Waals surface area contributed by atoms with Crippen molar-refractivity contribution >= 4 is 5.95 Å². The van der Waals surface area contributed by atoms with Crippen LogP contribution < -0.4 is 15.4 Å². The minimum absolute atomic E-state index is 0.481. The summed E-state index contributed by atoms with van der Waals surface area (Å²) in [6.45, 7) is 5.36. The first-order valence-corrected chi connectivity index (χ1v) is 9.03. The molecule has 2 saturated heterocycles. The van der Waals surface area contributed by atoms with Gasteiger partial charge in [0, 0.05) is 24.5 Å². The molecule has 1 atom stereocenters. The second-order valence-electron chi connectivity index (χ2n) is 7.10. The topological polar surface area (TPSA) is 62.3 Å². The van der Waals surface area contributed by atoms with Gasteiger partial charge in [-0.05, 0) is 51.7 Å². The lowest BCUT2D eigenvalue weighted by atomic mass is 10.1. The number of anilines is 1. The lowest BCUT2D eigenvalue weighted by Crippen LogP contribution is -2.35. The first-order valence-electron chi connectivity index (χ1n) is 9.03. The average Bonchev–Trinajstić information content (AvgIpc) is 3.34. The third kappa shape index (κ3) is 4.12. The van der Waals surface area contributed by atoms with Crippen LogP contribution in [0.4, 0.5) is 5.95 Å². The van der Waals surface area contributed by atoms with Crippen LogP contribution in [0.25, 0.3) is 0 Å². The molecule has 1 saturated carbocycles. The highest BCUT2D eigenvalue weighted by atomic mass is 16.5. The lowest BCUT2D eigenvalue weighted by Gasteiger charge is -2.23. The van der Waals surface area contributed by atoms with Gasteiger partial charge in [0.15, 0.2) is 5.75 Å². The van der Waals surface area contributed by atoms with Crippen molar-refractivity contribution in [2.24, 2.45) is 5.92 Å². The summed E-state index contributed by atoms with van der Waals surface area (Å²) in [5, 5.41) is 6.77. The minimum atomic E-state index is 0.481. The Hall–Kier alpha value is -1.40. The molecule has 2 N–H and O–H groups in total. The van der Waals surface area contributed by atoms with Gasteiger partial charge in [0.2, 0.25) is 5.95 Å². The van der Waals surface area contributed by atoms with Crippen LogP contribution in [0.3, 0.4) is 0 Å². The summed E-state index contributed by atoms with van der Waals surface area (Å²) in [6, 6.07) is 1.36. The summed E-state index contributed by atoms with van der Waals surface area (Å²) in [4.78, 5) is 11.4. The average molecular weight is 317 g/mol. The summed E-state index contributed by atoms with van der Waals surface area (Å²) in [5.74, 6) is 2.15. The predicted molar refractivity (Wildman–Crippen MR) is 89.7 cm³/mol. The molecule has 0 amide bonds. The first kappa shape index (κ1) is 15.1. The van der Waals surface area contributed by atoms with Crippen molar-refractivity contribution in [1.29, 1.82) is 0 Å². The van der Waals surface area contributed by atoms with Crippen molar-refractivity contribution in [1.82, 2.24) is 20.2 Å². The number of hydrogen-bond donors (Lipinski definition) is 2. The lowest BCUT2D eigenvalue weighted by molar-refractivity contribution is 0.237. The molecule has 0 spiro atoms. The Bertz CT molecular complexity index is 498. The minimum Gasteiger partial charge on any atom is -0.490 e. The number of rotatable bonds is 6. The van der Waals surface area contributed by atoms with Crippen LogP contribution in [0.1, 0.15) is 32.1 Å². The van der Waals surface area contributed by atoms with E-state index in [0.29, 0.717) is 17.9 Å². The Kier molecular flexibility index (Phi) is 4.62. The number of nitrogens with zero attached hydrogens (tertiary/aromatic N) is 3. The molecule has 0 radical (unpaired) electrons. The van der Waals surface area contributed by atoms with Gasteiger partial charge in [0.1, 0.15) is 0 Å². The summed E-state index contributed by atoms with van der Waals surface area (Å²) in [7, 11) is 0. The monoisotopic (exact) mass is 317 g/mol. The molecule has 6 heteroatoms. The summed E-state index contributed by atoms with van der Waals surface area (Å²) < 4.78 is 5.89. The van der Waals surface area contributed by atoms with Crippen molar-refractivity contribution < 1.29 is 4.74 Å². The van der Waals surface area contributed by atoms with Crippen LogP contribution in [0.5, 0.6) is 5.75 Å². The molecule has 3 fully saturated rings. The smallest absolute Gasteiger partial charge is 0.223 e. The van der Waals surface area contributed by atoms with Gasteiger partial charge >= 0.3 is 0 Å². The van der Waals surface area contributed by atoms with E-state index in [0.717, 1.165) is 44.3 Å². The Morgan fingerprint density at radius 1 is 1.13 bits per heavy atom. The predicted octanol–water partition coefficient (Wildman–Crippen LogP) is 1.50. The maximum atomic E-state index is 5.89. The quantitative estimate of drug-likeness (QED) is 0.829. The van der Waals surface area contributed by atoms with E-state index in [1.54, 1.807) is 12.4 Å². The van der Waals surface area contributed by atoms with E-state index in [2.05, 4.69) is 25.5 Å². The van der Waals surface area contributed by atoms with Crippen molar-refractivity contribution in [3.8, 4) is 5.75 Å². The van der Waals surface area contributed by atoms with Gasteiger partial charge in [-0.25, -0.2) is 9.97 Å². The van der Waals surface area contributed by atoms with Crippen LogP contribution in [0.2, 0.25) is 0 Å². The van der Waals surface area contributed by atoms with Gasteiger partial charge in [-0.2, -0.15) is 0 Å². The molecule has 23 heavy (non-hydrogen) atoms. The molecular formula is C17H27N5O. The number of piperidine rings is 1. The molecule has 1 aliphatic carbocycles. The highest BCUT2D eigenvalue weighted by Gasteiger charge is 2.34. The van der Waals surface area contributed by atoms with Gasteiger partial charge < -0.3 is 15.4 Å². The van der Waals surface area contributed by atoms with Crippen molar-refractivity contribution in [2.75, 3.05) is 38.1 Å². The van der Waals surface area contributed by atoms with Crippen molar-refractivity contribution in [2.45, 2.75) is 44.2 Å². The Balaban J connectivity index is 1.22. The van der Waals surface area contributed by atoms with E-state index in [9.17, 15) is 0 Å². The van der Waals surface area contributed by atoms with Gasteiger partial charge in [0.05, 0.1) is 19.0 Å². The Morgan fingerprint density at radius 2 is 1.91 bits per heavy atom. The normalized spacial score (nSPS) is 26.3. The van der Waals surface area contributed by atoms with E-state index in [4.69, 9.17) is 4.74 Å². The summed E-state index contributed by atoms with van der Waals surface area (Å²) in [6.07, 6.45) is 9.89. The number of ether oxygens (including phenoxy) is 1. The molecule has 1 aromatic heterocycles. The molecule has 0 aromatic carbocycles. The standard InChI is InChI=1S/C17H27N5O/c1-2-15(1)22-8-5-13(11-22)12-23-16-9-19-17(20-10-16)21-14-3-6-18-7-4-14/h9-10,13-15,18H,1-8,11-12H2,(H,19,20,21). The van der Waals surface area contributed by atoms with Gasteiger partial charge in [-0.3, -0.25) is 4.90 Å². The molecule has 3 aliphatic rings. The summed E-state index contributed by atoms with van der Waals surface area (Å²) in [5.41, 5.74) is 0. The van der Waals surface area contributed by atoms with Crippen LogP contribution in [-0.2, 0) is 0 Å².